The highest BCUT2D eigenvalue weighted by molar-refractivity contribution is 7.10. The molecule has 1 heterocycles. The third kappa shape index (κ3) is 3.18. The Morgan fingerprint density at radius 1 is 1.20 bits per heavy atom. The number of para-hydroxylation sites is 1. The molecule has 0 fully saturated rings. The summed E-state index contributed by atoms with van der Waals surface area (Å²) in [6.07, 6.45) is 0. The van der Waals surface area contributed by atoms with Gasteiger partial charge in [-0.1, -0.05) is 24.3 Å². The lowest BCUT2D eigenvalue weighted by Gasteiger charge is -2.29. The molecule has 2 rings (SSSR count). The highest BCUT2D eigenvalue weighted by atomic mass is 32.1. The Balaban J connectivity index is 2.14. The predicted octanol–water partition coefficient (Wildman–Crippen LogP) is 3.76. The SMILES string of the molecule is CON(C(=O)NC(C)(C)c1cccs1)c1ccccc1. The minimum absolute atomic E-state index is 0.294. The maximum absolute atomic E-state index is 12.4. The fourth-order valence-corrected chi connectivity index (χ4v) is 2.69. The highest BCUT2D eigenvalue weighted by Gasteiger charge is 2.27. The van der Waals surface area contributed by atoms with Crippen LogP contribution in [0.3, 0.4) is 0 Å². The molecule has 0 aliphatic rings. The Hall–Kier alpha value is -1.85. The first-order chi connectivity index (χ1) is 9.54. The molecule has 2 aromatic rings. The lowest BCUT2D eigenvalue weighted by atomic mass is 10.0. The number of hydroxylamine groups is 1. The molecule has 4 nitrogen and oxygen atoms in total. The minimum Gasteiger partial charge on any atom is -0.326 e. The van der Waals surface area contributed by atoms with Crippen LogP contribution in [-0.2, 0) is 10.4 Å². The standard InChI is InChI=1S/C15H18N2O2S/c1-15(2,13-10-7-11-20-13)16-14(18)17(19-3)12-8-5-4-6-9-12/h4-11H,1-3H3,(H,16,18). The van der Waals surface area contributed by atoms with E-state index >= 15 is 0 Å². The molecule has 0 unspecified atom stereocenters. The van der Waals surface area contributed by atoms with Gasteiger partial charge in [-0.15, -0.1) is 11.3 Å². The molecule has 0 atom stereocenters. The maximum Gasteiger partial charge on any atom is 0.346 e. The number of anilines is 1. The van der Waals surface area contributed by atoms with Crippen molar-refractivity contribution in [3.8, 4) is 0 Å². The molecule has 0 aliphatic heterocycles. The van der Waals surface area contributed by atoms with Gasteiger partial charge < -0.3 is 5.32 Å². The molecule has 0 radical (unpaired) electrons. The van der Waals surface area contributed by atoms with E-state index in [0.29, 0.717) is 5.69 Å². The Bertz CT molecular complexity index is 553. The average molecular weight is 290 g/mol. The molecule has 0 spiro atoms. The van der Waals surface area contributed by atoms with Crippen molar-refractivity contribution in [2.45, 2.75) is 19.4 Å². The Kier molecular flexibility index (Phi) is 4.42. The molecule has 1 aromatic heterocycles. The number of nitrogens with zero attached hydrogens (tertiary/aromatic N) is 1. The molecular weight excluding hydrogens is 272 g/mol. The van der Waals surface area contributed by atoms with E-state index in [-0.39, 0.29) is 6.03 Å². The molecule has 1 N–H and O–H groups in total. The summed E-state index contributed by atoms with van der Waals surface area (Å²) in [5.74, 6) is 0. The second-order valence-corrected chi connectivity index (χ2v) is 5.79. The van der Waals surface area contributed by atoms with Gasteiger partial charge >= 0.3 is 6.03 Å². The number of hydrogen-bond acceptors (Lipinski definition) is 3. The van der Waals surface area contributed by atoms with Crippen LogP contribution in [0.25, 0.3) is 0 Å². The molecular formula is C15H18N2O2S. The van der Waals surface area contributed by atoms with Crippen LogP contribution in [0.5, 0.6) is 0 Å². The van der Waals surface area contributed by atoms with Gasteiger partial charge in [0.25, 0.3) is 0 Å². The zero-order chi connectivity index (χ0) is 14.6. The molecule has 0 bridgehead atoms. The summed E-state index contributed by atoms with van der Waals surface area (Å²) in [6, 6.07) is 12.9. The molecule has 5 heteroatoms. The van der Waals surface area contributed by atoms with E-state index in [1.807, 2.05) is 61.7 Å². The van der Waals surface area contributed by atoms with Gasteiger partial charge in [0.05, 0.1) is 18.3 Å². The van der Waals surface area contributed by atoms with E-state index in [1.165, 1.54) is 12.2 Å². The zero-order valence-electron chi connectivity index (χ0n) is 11.8. The van der Waals surface area contributed by atoms with E-state index in [4.69, 9.17) is 4.84 Å². The first-order valence-electron chi connectivity index (χ1n) is 6.30. The largest absolute Gasteiger partial charge is 0.346 e. The Morgan fingerprint density at radius 3 is 2.45 bits per heavy atom. The minimum atomic E-state index is -0.448. The topological polar surface area (TPSA) is 41.6 Å². The van der Waals surface area contributed by atoms with Crippen LogP contribution >= 0.6 is 11.3 Å². The van der Waals surface area contributed by atoms with Crippen molar-refractivity contribution in [1.82, 2.24) is 5.32 Å². The lowest BCUT2D eigenvalue weighted by molar-refractivity contribution is 0.157. The van der Waals surface area contributed by atoms with Gasteiger partial charge in [0.2, 0.25) is 0 Å². The molecule has 0 aliphatic carbocycles. The van der Waals surface area contributed by atoms with Crippen molar-refractivity contribution < 1.29 is 9.63 Å². The fourth-order valence-electron chi connectivity index (χ4n) is 1.88. The van der Waals surface area contributed by atoms with Crippen LogP contribution in [0.2, 0.25) is 0 Å². The van der Waals surface area contributed by atoms with Crippen molar-refractivity contribution >= 4 is 23.1 Å². The van der Waals surface area contributed by atoms with Crippen molar-refractivity contribution in [3.63, 3.8) is 0 Å². The second kappa shape index (κ2) is 6.07. The van der Waals surface area contributed by atoms with Gasteiger partial charge in [0.1, 0.15) is 0 Å². The van der Waals surface area contributed by atoms with E-state index in [1.54, 1.807) is 11.3 Å². The smallest absolute Gasteiger partial charge is 0.326 e. The Morgan fingerprint density at radius 2 is 1.90 bits per heavy atom. The number of amides is 2. The van der Waals surface area contributed by atoms with Gasteiger partial charge in [0.15, 0.2) is 0 Å². The number of carbonyl (C=O) groups is 1. The van der Waals surface area contributed by atoms with Gasteiger partial charge in [-0.2, -0.15) is 5.06 Å². The van der Waals surface area contributed by atoms with Gasteiger partial charge in [-0.3, -0.25) is 4.84 Å². The number of carbonyl (C=O) groups excluding carboxylic acids is 1. The van der Waals surface area contributed by atoms with E-state index in [9.17, 15) is 4.79 Å². The average Bonchev–Trinajstić information content (AvgIpc) is 2.95. The van der Waals surface area contributed by atoms with Crippen LogP contribution in [0, 0.1) is 0 Å². The molecule has 106 valence electrons. The van der Waals surface area contributed by atoms with Crippen molar-refractivity contribution in [1.29, 1.82) is 0 Å². The van der Waals surface area contributed by atoms with Crippen LogP contribution in [-0.4, -0.2) is 13.1 Å². The van der Waals surface area contributed by atoms with Crippen molar-refractivity contribution in [2.24, 2.45) is 0 Å². The lowest BCUT2D eigenvalue weighted by Crippen LogP contribution is -2.48. The highest BCUT2D eigenvalue weighted by Crippen LogP contribution is 2.25. The van der Waals surface area contributed by atoms with Crippen molar-refractivity contribution in [3.05, 3.63) is 52.7 Å². The number of rotatable bonds is 4. The monoisotopic (exact) mass is 290 g/mol. The summed E-state index contributed by atoms with van der Waals surface area (Å²) < 4.78 is 0. The number of thiophene rings is 1. The molecule has 0 saturated heterocycles. The fraction of sp³-hybridized carbons (Fsp3) is 0.267. The maximum atomic E-state index is 12.4. The zero-order valence-corrected chi connectivity index (χ0v) is 12.6. The Labute approximate surface area is 122 Å². The quantitative estimate of drug-likeness (QED) is 0.871. The summed E-state index contributed by atoms with van der Waals surface area (Å²) in [5.41, 5.74) is 0.242. The second-order valence-electron chi connectivity index (χ2n) is 4.84. The summed E-state index contributed by atoms with van der Waals surface area (Å²) in [5, 5.41) is 6.22. The molecule has 2 amide bonds. The first kappa shape index (κ1) is 14.6. The first-order valence-corrected chi connectivity index (χ1v) is 7.18. The number of benzene rings is 1. The number of hydrogen-bond donors (Lipinski definition) is 1. The molecule has 1 aromatic carbocycles. The van der Waals surface area contributed by atoms with Crippen LogP contribution in [0.1, 0.15) is 18.7 Å². The summed E-state index contributed by atoms with van der Waals surface area (Å²) in [6.45, 7) is 3.94. The van der Waals surface area contributed by atoms with Gasteiger partial charge in [0, 0.05) is 4.88 Å². The third-order valence-corrected chi connectivity index (χ3v) is 4.11. The van der Waals surface area contributed by atoms with Gasteiger partial charge in [-0.05, 0) is 37.4 Å². The molecule has 20 heavy (non-hydrogen) atoms. The summed E-state index contributed by atoms with van der Waals surface area (Å²) >= 11 is 1.61. The van der Waals surface area contributed by atoms with E-state index in [0.717, 1.165) is 4.88 Å². The van der Waals surface area contributed by atoms with Crippen LogP contribution in [0.4, 0.5) is 10.5 Å². The van der Waals surface area contributed by atoms with E-state index in [2.05, 4.69) is 5.32 Å². The van der Waals surface area contributed by atoms with E-state index < -0.39 is 5.54 Å². The van der Waals surface area contributed by atoms with Crippen LogP contribution in [0.15, 0.2) is 47.8 Å². The molecule has 0 saturated carbocycles. The predicted molar refractivity (Wildman–Crippen MR) is 81.8 cm³/mol. The summed E-state index contributed by atoms with van der Waals surface area (Å²) in [4.78, 5) is 18.7. The van der Waals surface area contributed by atoms with Crippen LogP contribution < -0.4 is 10.4 Å². The third-order valence-electron chi connectivity index (χ3n) is 2.91. The summed E-state index contributed by atoms with van der Waals surface area (Å²) in [7, 11) is 1.48. The van der Waals surface area contributed by atoms with Gasteiger partial charge in [-0.25, -0.2) is 4.79 Å². The van der Waals surface area contributed by atoms with Crippen molar-refractivity contribution in [2.75, 3.05) is 12.2 Å². The normalized spacial score (nSPS) is 11.2. The number of urea groups is 1. The number of nitrogens with one attached hydrogen (secondary N) is 1.